The Balaban J connectivity index is -0.000000126. The van der Waals surface area contributed by atoms with Crippen molar-refractivity contribution in [2.24, 2.45) is 0 Å². The van der Waals surface area contributed by atoms with E-state index in [2.05, 4.69) is 0 Å². The van der Waals surface area contributed by atoms with Gasteiger partial charge in [-0.05, 0) is 13.0 Å². The van der Waals surface area contributed by atoms with Crippen LogP contribution < -0.4 is 24.0 Å². The summed E-state index contributed by atoms with van der Waals surface area (Å²) in [6.07, 6.45) is 2.61. The molecule has 0 aliphatic rings. The predicted octanol–water partition coefficient (Wildman–Crippen LogP) is -3.20. The first-order valence-electron chi connectivity index (χ1n) is 3.10. The average molecular weight is 166 g/mol. The van der Waals surface area contributed by atoms with Gasteiger partial charge >= 0.3 is 24.8 Å². The normalized spacial score (nSPS) is 7.83. The van der Waals surface area contributed by atoms with Crippen LogP contribution in [-0.4, -0.2) is 17.0 Å². The van der Waals surface area contributed by atoms with Crippen molar-refractivity contribution in [2.75, 3.05) is 0 Å². The van der Waals surface area contributed by atoms with Gasteiger partial charge in [0.1, 0.15) is 0 Å². The molecule has 5 heteroatoms. The maximum Gasteiger partial charge on any atom is 1.00 e. The standard InChI is InChI=1S/C4H6O2.C3H6O2.Li/c1-2-3-4(5)6;1-2-3(4)5;/h2-3H,1H3,(H,5,6);2H2,1H3,(H,4,5);/q;;+1/p-1. The van der Waals surface area contributed by atoms with E-state index in [4.69, 9.17) is 5.11 Å². The molecule has 0 aromatic rings. The molecule has 0 amide bonds. The summed E-state index contributed by atoms with van der Waals surface area (Å²) in [5.74, 6) is -1.89. The van der Waals surface area contributed by atoms with Crippen LogP contribution in [0.3, 0.4) is 0 Å². The van der Waals surface area contributed by atoms with Crippen LogP contribution in [0.25, 0.3) is 0 Å². The van der Waals surface area contributed by atoms with E-state index in [-0.39, 0.29) is 25.3 Å². The first-order chi connectivity index (χ1) is 5.04. The molecule has 0 radical (unpaired) electrons. The molecule has 0 saturated carbocycles. The van der Waals surface area contributed by atoms with Crippen LogP contribution in [0.5, 0.6) is 0 Å². The number of hydrogen-bond donors (Lipinski definition) is 1. The van der Waals surface area contributed by atoms with Crippen molar-refractivity contribution in [3.63, 3.8) is 0 Å². The molecule has 4 nitrogen and oxygen atoms in total. The number of aliphatic carboxylic acids is 2. The Hall–Kier alpha value is -0.723. The molecule has 0 unspecified atom stereocenters. The van der Waals surface area contributed by atoms with Crippen LogP contribution in [0.1, 0.15) is 20.3 Å². The fourth-order valence-electron chi connectivity index (χ4n) is 0.136. The minimum absolute atomic E-state index is 0. The van der Waals surface area contributed by atoms with Gasteiger partial charge in [0, 0.05) is 6.42 Å². The Kier molecular flexibility index (Phi) is 18.7. The summed E-state index contributed by atoms with van der Waals surface area (Å²) in [5.41, 5.74) is 0. The number of rotatable bonds is 2. The molecule has 0 aliphatic heterocycles. The Morgan fingerprint density at radius 2 is 1.83 bits per heavy atom. The second-order valence-electron chi connectivity index (χ2n) is 1.57. The van der Waals surface area contributed by atoms with Crippen molar-refractivity contribution in [3.8, 4) is 0 Å². The Morgan fingerprint density at radius 1 is 1.50 bits per heavy atom. The zero-order valence-electron chi connectivity index (χ0n) is 7.53. The van der Waals surface area contributed by atoms with Crippen molar-refractivity contribution in [2.45, 2.75) is 20.3 Å². The van der Waals surface area contributed by atoms with E-state index in [0.717, 1.165) is 6.08 Å². The molecule has 0 spiro atoms. The predicted molar refractivity (Wildman–Crippen MR) is 37.7 cm³/mol. The fourth-order valence-corrected chi connectivity index (χ4v) is 0.136. The van der Waals surface area contributed by atoms with Crippen LogP contribution >= 0.6 is 0 Å². The second kappa shape index (κ2) is 12.9. The third kappa shape index (κ3) is 34.7. The molecule has 0 atom stereocenters. The minimum Gasteiger partial charge on any atom is -0.545 e. The van der Waals surface area contributed by atoms with E-state index in [0.29, 0.717) is 0 Å². The summed E-state index contributed by atoms with van der Waals surface area (Å²) in [6, 6.07) is 0. The number of carbonyl (C=O) groups is 2. The van der Waals surface area contributed by atoms with Crippen LogP contribution in [0.4, 0.5) is 0 Å². The second-order valence-corrected chi connectivity index (χ2v) is 1.57. The quantitative estimate of drug-likeness (QED) is 0.346. The monoisotopic (exact) mass is 166 g/mol. The average Bonchev–Trinajstić information content (AvgIpc) is 1.89. The molecule has 0 bridgehead atoms. The van der Waals surface area contributed by atoms with E-state index in [1.54, 1.807) is 13.8 Å². The Morgan fingerprint density at radius 3 is 1.83 bits per heavy atom. The summed E-state index contributed by atoms with van der Waals surface area (Å²) < 4.78 is 0. The molecule has 0 fully saturated rings. The van der Waals surface area contributed by atoms with Crippen LogP contribution in [0.15, 0.2) is 12.2 Å². The summed E-state index contributed by atoms with van der Waals surface area (Å²) in [4.78, 5) is 18.8. The molecular formula is C7H11LiO4. The molecule has 0 aliphatic carbocycles. The number of hydrogen-bond acceptors (Lipinski definition) is 3. The van der Waals surface area contributed by atoms with Crippen molar-refractivity contribution >= 4 is 11.9 Å². The first-order valence-corrected chi connectivity index (χ1v) is 3.10. The van der Waals surface area contributed by atoms with Crippen molar-refractivity contribution in [1.82, 2.24) is 0 Å². The molecule has 12 heavy (non-hydrogen) atoms. The van der Waals surface area contributed by atoms with Crippen LogP contribution in [-0.2, 0) is 9.59 Å². The number of carboxylic acid groups (broad SMARTS) is 2. The number of carbonyl (C=O) groups excluding carboxylic acids is 1. The van der Waals surface area contributed by atoms with Gasteiger partial charge in [0.15, 0.2) is 0 Å². The van der Waals surface area contributed by atoms with Crippen molar-refractivity contribution in [1.29, 1.82) is 0 Å². The molecule has 0 aromatic carbocycles. The third-order valence-corrected chi connectivity index (χ3v) is 0.605. The van der Waals surface area contributed by atoms with Gasteiger partial charge in [0.2, 0.25) is 0 Å². The van der Waals surface area contributed by atoms with E-state index in [1.165, 1.54) is 6.08 Å². The van der Waals surface area contributed by atoms with Gasteiger partial charge in [-0.1, -0.05) is 13.0 Å². The largest absolute Gasteiger partial charge is 1.00 e. The molecular weight excluding hydrogens is 155 g/mol. The topological polar surface area (TPSA) is 77.4 Å². The van der Waals surface area contributed by atoms with E-state index < -0.39 is 11.9 Å². The zero-order valence-corrected chi connectivity index (χ0v) is 7.53. The smallest absolute Gasteiger partial charge is 0.545 e. The maximum absolute atomic E-state index is 9.40. The SMILES string of the molecule is CC=CC(=O)[O-].CCC(=O)O.[Li+]. The number of allylic oxidation sites excluding steroid dienone is 1. The Labute approximate surface area is 83.5 Å². The summed E-state index contributed by atoms with van der Waals surface area (Å²) in [6.45, 7) is 3.22. The van der Waals surface area contributed by atoms with E-state index >= 15 is 0 Å². The maximum atomic E-state index is 9.40. The molecule has 64 valence electrons. The fraction of sp³-hybridized carbons (Fsp3) is 0.429. The van der Waals surface area contributed by atoms with Gasteiger partial charge in [-0.3, -0.25) is 4.79 Å². The molecule has 0 heterocycles. The van der Waals surface area contributed by atoms with Gasteiger partial charge in [-0.25, -0.2) is 0 Å². The Bertz CT molecular complexity index is 153. The van der Waals surface area contributed by atoms with Crippen molar-refractivity contribution in [3.05, 3.63) is 12.2 Å². The van der Waals surface area contributed by atoms with Gasteiger partial charge in [-0.2, -0.15) is 0 Å². The van der Waals surface area contributed by atoms with Gasteiger partial charge < -0.3 is 15.0 Å². The van der Waals surface area contributed by atoms with Gasteiger partial charge in [0.05, 0.1) is 5.97 Å². The molecule has 0 aromatic heterocycles. The first kappa shape index (κ1) is 17.4. The van der Waals surface area contributed by atoms with Gasteiger partial charge in [0.25, 0.3) is 0 Å². The number of carboxylic acids is 2. The van der Waals surface area contributed by atoms with E-state index in [1.807, 2.05) is 0 Å². The summed E-state index contributed by atoms with van der Waals surface area (Å²) in [7, 11) is 0. The van der Waals surface area contributed by atoms with Crippen LogP contribution in [0.2, 0.25) is 0 Å². The minimum atomic E-state index is -1.14. The van der Waals surface area contributed by atoms with E-state index in [9.17, 15) is 14.7 Å². The zero-order chi connectivity index (χ0) is 9.28. The molecule has 1 N–H and O–H groups in total. The van der Waals surface area contributed by atoms with Crippen LogP contribution in [0, 0.1) is 0 Å². The molecule has 0 saturated heterocycles. The van der Waals surface area contributed by atoms with Gasteiger partial charge in [-0.15, -0.1) is 0 Å². The summed E-state index contributed by atoms with van der Waals surface area (Å²) >= 11 is 0. The molecule has 0 rings (SSSR count). The summed E-state index contributed by atoms with van der Waals surface area (Å²) in [5, 5.41) is 17.1. The van der Waals surface area contributed by atoms with Crippen molar-refractivity contribution < 1.29 is 38.7 Å². The third-order valence-electron chi connectivity index (χ3n) is 0.605.